The van der Waals surface area contributed by atoms with Crippen LogP contribution in [0.3, 0.4) is 0 Å². The zero-order valence-electron chi connectivity index (χ0n) is 15.3. The summed E-state index contributed by atoms with van der Waals surface area (Å²) in [6.07, 6.45) is 6.00. The second-order valence-corrected chi connectivity index (χ2v) is 6.39. The summed E-state index contributed by atoms with van der Waals surface area (Å²) in [6.45, 7) is 6.78. The third kappa shape index (κ3) is 5.68. The Morgan fingerprint density at radius 3 is 2.00 bits per heavy atom. The number of rotatable bonds is 10. The highest BCUT2D eigenvalue weighted by Crippen LogP contribution is 2.26. The molecule has 130 valence electrons. The highest BCUT2D eigenvalue weighted by atomic mass is 16.5. The van der Waals surface area contributed by atoms with Crippen LogP contribution in [-0.2, 0) is 0 Å². The molecule has 0 amide bonds. The van der Waals surface area contributed by atoms with E-state index in [1.54, 1.807) is 0 Å². The lowest BCUT2D eigenvalue weighted by Gasteiger charge is -2.25. The average Bonchev–Trinajstić information content (AvgIpc) is 2.62. The number of hydrogen-bond acceptors (Lipinski definition) is 2. The zero-order valence-corrected chi connectivity index (χ0v) is 15.3. The Bertz CT molecular complexity index is 564. The maximum Gasteiger partial charge on any atom is 0.127 e. The van der Waals surface area contributed by atoms with Gasteiger partial charge in [0.1, 0.15) is 11.5 Å². The van der Waals surface area contributed by atoms with Gasteiger partial charge in [0.15, 0.2) is 0 Å². The quantitative estimate of drug-likeness (QED) is 0.539. The smallest absolute Gasteiger partial charge is 0.127 e. The number of para-hydroxylation sites is 1. The van der Waals surface area contributed by atoms with Crippen LogP contribution in [0.4, 0.5) is 0 Å². The molecule has 0 radical (unpaired) electrons. The maximum absolute atomic E-state index is 5.89. The molecule has 0 saturated carbocycles. The summed E-state index contributed by atoms with van der Waals surface area (Å²) >= 11 is 0. The summed E-state index contributed by atoms with van der Waals surface area (Å²) in [4.78, 5) is 0. The summed E-state index contributed by atoms with van der Waals surface area (Å²) in [5.41, 5.74) is 1.35. The first-order chi connectivity index (χ1) is 11.8. The Morgan fingerprint density at radius 2 is 1.42 bits per heavy atom. The highest BCUT2D eigenvalue weighted by Gasteiger charge is 2.15. The van der Waals surface area contributed by atoms with Crippen molar-refractivity contribution in [3.8, 4) is 11.5 Å². The third-order valence-corrected chi connectivity index (χ3v) is 4.41. The lowest BCUT2D eigenvalue weighted by atomic mass is 9.99. The minimum atomic E-state index is 0.428. The minimum Gasteiger partial charge on any atom is -0.457 e. The molecule has 2 rings (SSSR count). The number of nitrogens with one attached hydrogen (secondary N) is 1. The van der Waals surface area contributed by atoms with Crippen LogP contribution >= 0.6 is 0 Å². The molecule has 0 aliphatic heterocycles. The van der Waals surface area contributed by atoms with E-state index in [2.05, 4.69) is 50.4 Å². The molecular weight excluding hydrogens is 294 g/mol. The molecule has 0 aromatic heterocycles. The van der Waals surface area contributed by atoms with Crippen molar-refractivity contribution < 1.29 is 4.74 Å². The van der Waals surface area contributed by atoms with Gasteiger partial charge in [0, 0.05) is 12.1 Å². The summed E-state index contributed by atoms with van der Waals surface area (Å²) in [6, 6.07) is 19.5. The highest BCUT2D eigenvalue weighted by molar-refractivity contribution is 5.34. The van der Waals surface area contributed by atoms with Gasteiger partial charge in [-0.05, 0) is 49.1 Å². The van der Waals surface area contributed by atoms with E-state index in [0.717, 1.165) is 11.5 Å². The molecule has 2 atom stereocenters. The molecule has 2 aromatic rings. The molecule has 0 spiro atoms. The van der Waals surface area contributed by atoms with Crippen molar-refractivity contribution in [1.82, 2.24) is 5.32 Å². The topological polar surface area (TPSA) is 21.3 Å². The van der Waals surface area contributed by atoms with E-state index in [1.807, 2.05) is 30.3 Å². The van der Waals surface area contributed by atoms with Crippen LogP contribution in [0, 0.1) is 0 Å². The predicted molar refractivity (Wildman–Crippen MR) is 103 cm³/mol. The van der Waals surface area contributed by atoms with Crippen LogP contribution in [0.15, 0.2) is 54.6 Å². The molecule has 2 nitrogen and oxygen atoms in total. The lowest BCUT2D eigenvalue weighted by molar-refractivity contribution is 0.384. The fourth-order valence-electron chi connectivity index (χ4n) is 3.07. The summed E-state index contributed by atoms with van der Waals surface area (Å²) < 4.78 is 5.89. The Balaban J connectivity index is 2.04. The van der Waals surface area contributed by atoms with Gasteiger partial charge in [0.05, 0.1) is 0 Å². The zero-order chi connectivity index (χ0) is 17.2. The summed E-state index contributed by atoms with van der Waals surface area (Å²) in [5.74, 6) is 1.77. The molecule has 1 N–H and O–H groups in total. The van der Waals surface area contributed by atoms with Crippen molar-refractivity contribution in [2.24, 2.45) is 0 Å². The van der Waals surface area contributed by atoms with E-state index < -0.39 is 0 Å². The Hall–Kier alpha value is -1.80. The van der Waals surface area contributed by atoms with Gasteiger partial charge >= 0.3 is 0 Å². The lowest BCUT2D eigenvalue weighted by Crippen LogP contribution is -2.32. The number of benzene rings is 2. The predicted octanol–water partition coefficient (Wildman–Crippen LogP) is 6.49. The molecule has 0 aliphatic carbocycles. The molecule has 0 bridgehead atoms. The molecule has 24 heavy (non-hydrogen) atoms. The average molecular weight is 325 g/mol. The first-order valence-electron chi connectivity index (χ1n) is 9.35. The van der Waals surface area contributed by atoms with Gasteiger partial charge in [-0.25, -0.2) is 0 Å². The number of ether oxygens (including phenoxy) is 1. The monoisotopic (exact) mass is 325 g/mol. The van der Waals surface area contributed by atoms with Gasteiger partial charge in [0.25, 0.3) is 0 Å². The second-order valence-electron chi connectivity index (χ2n) is 6.39. The minimum absolute atomic E-state index is 0.428. The van der Waals surface area contributed by atoms with E-state index in [9.17, 15) is 0 Å². The molecule has 2 aromatic carbocycles. The van der Waals surface area contributed by atoms with E-state index in [1.165, 1.54) is 37.7 Å². The van der Waals surface area contributed by atoms with Gasteiger partial charge in [-0.2, -0.15) is 0 Å². The van der Waals surface area contributed by atoms with Gasteiger partial charge in [-0.15, -0.1) is 0 Å². The van der Waals surface area contributed by atoms with Gasteiger partial charge in [-0.1, -0.05) is 63.9 Å². The Morgan fingerprint density at radius 1 is 0.792 bits per heavy atom. The molecule has 2 unspecified atom stereocenters. The van der Waals surface area contributed by atoms with Crippen LogP contribution in [0.2, 0.25) is 0 Å². The van der Waals surface area contributed by atoms with E-state index >= 15 is 0 Å². The van der Waals surface area contributed by atoms with Gasteiger partial charge in [-0.3, -0.25) is 0 Å². The Labute approximate surface area is 147 Å². The van der Waals surface area contributed by atoms with E-state index in [4.69, 9.17) is 4.74 Å². The van der Waals surface area contributed by atoms with Crippen molar-refractivity contribution in [2.45, 2.75) is 65.0 Å². The second kappa shape index (κ2) is 10.1. The number of hydrogen-bond donors (Lipinski definition) is 1. The molecule has 0 heterocycles. The van der Waals surface area contributed by atoms with Gasteiger partial charge in [0.2, 0.25) is 0 Å². The van der Waals surface area contributed by atoms with Crippen molar-refractivity contribution in [2.75, 3.05) is 0 Å². The van der Waals surface area contributed by atoms with Crippen molar-refractivity contribution >= 4 is 0 Å². The molecule has 0 fully saturated rings. The van der Waals surface area contributed by atoms with Crippen molar-refractivity contribution in [3.63, 3.8) is 0 Å². The largest absolute Gasteiger partial charge is 0.457 e. The molecule has 0 aliphatic rings. The first-order valence-corrected chi connectivity index (χ1v) is 9.35. The fourth-order valence-corrected chi connectivity index (χ4v) is 3.07. The van der Waals surface area contributed by atoms with E-state index in [-0.39, 0.29) is 0 Å². The van der Waals surface area contributed by atoms with Crippen molar-refractivity contribution in [1.29, 1.82) is 0 Å². The standard InChI is InChI=1S/C22H31NO/c1-4-10-19(6-3)23-22(11-5-2)18-14-16-21(17-15-18)24-20-12-8-7-9-13-20/h7-9,12-17,19,22-23H,4-6,10-11H2,1-3H3. The van der Waals surface area contributed by atoms with Crippen LogP contribution in [0.25, 0.3) is 0 Å². The maximum atomic E-state index is 5.89. The van der Waals surface area contributed by atoms with E-state index in [0.29, 0.717) is 12.1 Å². The van der Waals surface area contributed by atoms with Crippen LogP contribution in [0.1, 0.15) is 64.5 Å². The van der Waals surface area contributed by atoms with Crippen LogP contribution in [-0.4, -0.2) is 6.04 Å². The SMILES string of the molecule is CCCC(CC)NC(CCC)c1ccc(Oc2ccccc2)cc1. The van der Waals surface area contributed by atoms with Crippen LogP contribution < -0.4 is 10.1 Å². The molecule has 2 heteroatoms. The molecular formula is C22H31NO. The fraction of sp³-hybridized carbons (Fsp3) is 0.455. The van der Waals surface area contributed by atoms with Gasteiger partial charge < -0.3 is 10.1 Å². The normalized spacial score (nSPS) is 13.5. The summed E-state index contributed by atoms with van der Waals surface area (Å²) in [5, 5.41) is 3.85. The van der Waals surface area contributed by atoms with Crippen molar-refractivity contribution in [3.05, 3.63) is 60.2 Å². The van der Waals surface area contributed by atoms with Crippen LogP contribution in [0.5, 0.6) is 11.5 Å². The summed E-state index contributed by atoms with van der Waals surface area (Å²) in [7, 11) is 0. The molecule has 0 saturated heterocycles. The third-order valence-electron chi connectivity index (χ3n) is 4.41. The Kier molecular flexibility index (Phi) is 7.84. The first kappa shape index (κ1) is 18.5.